The molecule has 0 amide bonds. The second kappa shape index (κ2) is 13.4. The lowest BCUT2D eigenvalue weighted by Crippen LogP contribution is -2.38. The number of nitrogens with zero attached hydrogens (tertiary/aromatic N) is 1. The fraction of sp³-hybridized carbons (Fsp3) is 0.381. The first-order chi connectivity index (χ1) is 12.8. The number of para-hydroxylation sites is 1. The van der Waals surface area contributed by atoms with Crippen LogP contribution in [0.2, 0.25) is 0 Å². The van der Waals surface area contributed by atoms with Crippen molar-refractivity contribution in [1.82, 2.24) is 10.6 Å². The second-order valence-electron chi connectivity index (χ2n) is 5.89. The first kappa shape index (κ1) is 23.2. The average Bonchev–Trinajstić information content (AvgIpc) is 2.67. The number of nitrogens with one attached hydrogen (secondary N) is 2. The Labute approximate surface area is 179 Å². The minimum absolute atomic E-state index is 0. The van der Waals surface area contributed by atoms with E-state index in [1.165, 1.54) is 16.7 Å². The van der Waals surface area contributed by atoms with Crippen LogP contribution in [0.15, 0.2) is 53.5 Å². The maximum absolute atomic E-state index is 5.41. The van der Waals surface area contributed by atoms with Gasteiger partial charge in [-0.3, -0.25) is 0 Å². The first-order valence-electron chi connectivity index (χ1n) is 8.98. The third-order valence-electron chi connectivity index (χ3n) is 4.05. The molecule has 27 heavy (non-hydrogen) atoms. The monoisotopic (exact) mass is 483 g/mol. The maximum atomic E-state index is 5.41. The molecule has 148 valence electrons. The van der Waals surface area contributed by atoms with Crippen molar-refractivity contribution in [3.63, 3.8) is 0 Å². The summed E-state index contributed by atoms with van der Waals surface area (Å²) < 4.78 is 10.7. The van der Waals surface area contributed by atoms with E-state index in [-0.39, 0.29) is 24.0 Å². The number of benzene rings is 2. The van der Waals surface area contributed by atoms with Crippen molar-refractivity contribution < 1.29 is 9.47 Å². The minimum atomic E-state index is 0. The van der Waals surface area contributed by atoms with Crippen molar-refractivity contribution in [1.29, 1.82) is 0 Å². The molecule has 5 nitrogen and oxygen atoms in total. The number of aliphatic imine (C=N–C) groups is 1. The summed E-state index contributed by atoms with van der Waals surface area (Å²) in [5.41, 5.74) is 3.53. The number of halogens is 1. The summed E-state index contributed by atoms with van der Waals surface area (Å²) in [6.45, 7) is 4.88. The number of hydrogen-bond acceptors (Lipinski definition) is 3. The summed E-state index contributed by atoms with van der Waals surface area (Å²) in [5.74, 6) is 1.74. The fourth-order valence-electron chi connectivity index (χ4n) is 2.74. The Morgan fingerprint density at radius 3 is 2.26 bits per heavy atom. The highest BCUT2D eigenvalue weighted by molar-refractivity contribution is 14.0. The maximum Gasteiger partial charge on any atom is 0.191 e. The number of guanidine groups is 1. The van der Waals surface area contributed by atoms with Crippen LogP contribution in [-0.2, 0) is 24.3 Å². The molecular formula is C21H30IN3O2. The van der Waals surface area contributed by atoms with Crippen LogP contribution in [0.4, 0.5) is 0 Å². The minimum Gasteiger partial charge on any atom is -0.496 e. The molecular weight excluding hydrogens is 453 g/mol. The quantitative estimate of drug-likeness (QED) is 0.324. The predicted octanol–water partition coefficient (Wildman–Crippen LogP) is 3.76. The smallest absolute Gasteiger partial charge is 0.191 e. The number of rotatable bonds is 9. The zero-order chi connectivity index (χ0) is 18.6. The highest BCUT2D eigenvalue weighted by atomic mass is 127. The van der Waals surface area contributed by atoms with Gasteiger partial charge in [-0.05, 0) is 36.1 Å². The van der Waals surface area contributed by atoms with E-state index in [4.69, 9.17) is 14.5 Å². The van der Waals surface area contributed by atoms with Crippen LogP contribution in [-0.4, -0.2) is 33.3 Å². The lowest BCUT2D eigenvalue weighted by molar-refractivity contribution is 0.184. The Morgan fingerprint density at radius 2 is 1.59 bits per heavy atom. The zero-order valence-electron chi connectivity index (χ0n) is 16.3. The van der Waals surface area contributed by atoms with Crippen molar-refractivity contribution in [3.05, 3.63) is 65.2 Å². The van der Waals surface area contributed by atoms with Crippen molar-refractivity contribution in [2.45, 2.75) is 26.5 Å². The molecule has 0 fully saturated rings. The molecule has 0 bridgehead atoms. The molecule has 0 aliphatic rings. The van der Waals surface area contributed by atoms with Crippen molar-refractivity contribution >= 4 is 29.9 Å². The van der Waals surface area contributed by atoms with Gasteiger partial charge in [0.1, 0.15) is 5.75 Å². The van der Waals surface area contributed by atoms with Gasteiger partial charge in [0.2, 0.25) is 0 Å². The summed E-state index contributed by atoms with van der Waals surface area (Å²) in [7, 11) is 3.42. The molecule has 0 aliphatic heterocycles. The van der Waals surface area contributed by atoms with E-state index in [0.29, 0.717) is 13.2 Å². The Morgan fingerprint density at radius 1 is 0.926 bits per heavy atom. The van der Waals surface area contributed by atoms with E-state index in [0.717, 1.165) is 31.2 Å². The lowest BCUT2D eigenvalue weighted by Gasteiger charge is -2.13. The van der Waals surface area contributed by atoms with Gasteiger partial charge in [0, 0.05) is 20.2 Å². The molecule has 0 radical (unpaired) electrons. The standard InChI is InChI=1S/C21H29N3O2.HI/c1-4-22-21(23-14-13-17-9-7-8-12-20(17)26-3)24-15-18-10-5-6-11-19(18)16-25-2;/h5-12H,4,13-16H2,1-3H3,(H2,22,23,24);1H. The highest BCUT2D eigenvalue weighted by Gasteiger charge is 2.04. The van der Waals surface area contributed by atoms with Gasteiger partial charge in [-0.15, -0.1) is 24.0 Å². The van der Waals surface area contributed by atoms with Gasteiger partial charge in [0.25, 0.3) is 0 Å². The second-order valence-corrected chi connectivity index (χ2v) is 5.89. The molecule has 6 heteroatoms. The molecule has 0 aromatic heterocycles. The van der Waals surface area contributed by atoms with Gasteiger partial charge in [-0.2, -0.15) is 0 Å². The van der Waals surface area contributed by atoms with Gasteiger partial charge in [0.15, 0.2) is 5.96 Å². The summed E-state index contributed by atoms with van der Waals surface area (Å²) >= 11 is 0. The Hall–Kier alpha value is -1.80. The van der Waals surface area contributed by atoms with E-state index in [2.05, 4.69) is 35.8 Å². The number of methoxy groups -OCH3 is 2. The SMILES string of the molecule is CCNC(=NCc1ccccc1COC)NCCc1ccccc1OC.I. The summed E-state index contributed by atoms with van der Waals surface area (Å²) in [6, 6.07) is 16.3. The molecule has 2 N–H and O–H groups in total. The van der Waals surface area contributed by atoms with Crippen LogP contribution in [0, 0.1) is 0 Å². The van der Waals surface area contributed by atoms with Crippen LogP contribution in [0.5, 0.6) is 5.75 Å². The van der Waals surface area contributed by atoms with Crippen molar-refractivity contribution in [2.24, 2.45) is 4.99 Å². The van der Waals surface area contributed by atoms with Gasteiger partial charge in [0.05, 0.1) is 20.3 Å². The topological polar surface area (TPSA) is 54.9 Å². The molecule has 0 atom stereocenters. The van der Waals surface area contributed by atoms with E-state index < -0.39 is 0 Å². The molecule has 0 spiro atoms. The van der Waals surface area contributed by atoms with Gasteiger partial charge < -0.3 is 20.1 Å². The molecule has 2 rings (SSSR count). The molecule has 2 aromatic rings. The summed E-state index contributed by atoms with van der Waals surface area (Å²) in [6.07, 6.45) is 0.870. The molecule has 0 unspecified atom stereocenters. The van der Waals surface area contributed by atoms with Crippen molar-refractivity contribution in [2.75, 3.05) is 27.3 Å². The average molecular weight is 483 g/mol. The predicted molar refractivity (Wildman–Crippen MR) is 122 cm³/mol. The molecule has 2 aromatic carbocycles. The molecule has 0 heterocycles. The Kier molecular flexibility index (Phi) is 11.5. The Balaban J connectivity index is 0.00000364. The van der Waals surface area contributed by atoms with E-state index in [1.807, 2.05) is 30.3 Å². The van der Waals surface area contributed by atoms with Crippen molar-refractivity contribution in [3.8, 4) is 5.75 Å². The highest BCUT2D eigenvalue weighted by Crippen LogP contribution is 2.17. The van der Waals surface area contributed by atoms with E-state index in [9.17, 15) is 0 Å². The van der Waals surface area contributed by atoms with Crippen LogP contribution >= 0.6 is 24.0 Å². The van der Waals surface area contributed by atoms with Crippen LogP contribution in [0.1, 0.15) is 23.6 Å². The van der Waals surface area contributed by atoms with Crippen LogP contribution < -0.4 is 15.4 Å². The largest absolute Gasteiger partial charge is 0.496 e. The number of ether oxygens (including phenoxy) is 2. The first-order valence-corrected chi connectivity index (χ1v) is 8.98. The normalized spacial score (nSPS) is 10.9. The van der Waals surface area contributed by atoms with Crippen LogP contribution in [0.3, 0.4) is 0 Å². The third-order valence-corrected chi connectivity index (χ3v) is 4.05. The van der Waals surface area contributed by atoms with Gasteiger partial charge >= 0.3 is 0 Å². The third kappa shape index (κ3) is 7.76. The van der Waals surface area contributed by atoms with Gasteiger partial charge in [-0.1, -0.05) is 42.5 Å². The summed E-state index contributed by atoms with van der Waals surface area (Å²) in [5, 5.41) is 6.69. The zero-order valence-corrected chi connectivity index (χ0v) is 18.7. The lowest BCUT2D eigenvalue weighted by atomic mass is 10.1. The molecule has 0 saturated heterocycles. The fourth-order valence-corrected chi connectivity index (χ4v) is 2.74. The van der Waals surface area contributed by atoms with E-state index in [1.54, 1.807) is 14.2 Å². The number of hydrogen-bond donors (Lipinski definition) is 2. The summed E-state index contributed by atoms with van der Waals surface area (Å²) in [4.78, 5) is 4.71. The molecule has 0 saturated carbocycles. The Bertz CT molecular complexity index is 707. The van der Waals surface area contributed by atoms with Crippen LogP contribution in [0.25, 0.3) is 0 Å². The van der Waals surface area contributed by atoms with E-state index >= 15 is 0 Å². The van der Waals surface area contributed by atoms with Gasteiger partial charge in [-0.25, -0.2) is 4.99 Å². The molecule has 0 aliphatic carbocycles.